The molecule has 0 aliphatic rings. The Morgan fingerprint density at radius 3 is 2.17 bits per heavy atom. The number of hydrogen-bond acceptors (Lipinski definition) is 3. The number of benzene rings is 1. The van der Waals surface area contributed by atoms with Crippen molar-refractivity contribution in [3.63, 3.8) is 0 Å². The molecular weight excluding hydrogens is 411 g/mol. The first-order valence-electron chi connectivity index (χ1n) is 7.67. The molecule has 0 atom stereocenters. The Hall–Kier alpha value is -3.44. The van der Waals surface area contributed by atoms with Crippen molar-refractivity contribution in [3.05, 3.63) is 80.5 Å². The number of H-pyrrole nitrogens is 1. The third-order valence-electron chi connectivity index (χ3n) is 3.91. The largest absolute Gasteiger partial charge is 0.436 e. The number of carbonyl (C=O) groups is 1. The lowest BCUT2D eigenvalue weighted by molar-refractivity contribution is -0.144. The molecule has 0 radical (unpaired) electrons. The number of nitrogens with one attached hydrogen (secondary N) is 1. The predicted octanol–water partition coefficient (Wildman–Crippen LogP) is 3.68. The zero-order chi connectivity index (χ0) is 21.7. The second kappa shape index (κ2) is 6.87. The molecule has 0 spiro atoms. The quantitative estimate of drug-likeness (QED) is 0.400. The van der Waals surface area contributed by atoms with Crippen molar-refractivity contribution in [2.24, 2.45) is 0 Å². The minimum absolute atomic E-state index is 0.0588. The van der Waals surface area contributed by atoms with E-state index in [4.69, 9.17) is 0 Å². The topological polar surface area (TPSA) is 67.8 Å². The summed E-state index contributed by atoms with van der Waals surface area (Å²) < 4.78 is 93.4. The summed E-state index contributed by atoms with van der Waals surface area (Å²) in [6.45, 7) is 1.13. The van der Waals surface area contributed by atoms with Crippen LogP contribution in [-0.2, 0) is 6.18 Å². The molecule has 1 N–H and O–H groups in total. The van der Waals surface area contributed by atoms with Gasteiger partial charge in [0.2, 0.25) is 5.82 Å². The fraction of sp³-hybridized carbons (Fsp3) is 0.118. The molecule has 0 bridgehead atoms. The molecule has 1 aromatic carbocycles. The van der Waals surface area contributed by atoms with Gasteiger partial charge in [-0.15, -0.1) is 0 Å². The average molecular weight is 419 g/mol. The maximum atomic E-state index is 14.3. The number of rotatable bonds is 3. The van der Waals surface area contributed by atoms with Gasteiger partial charge < -0.3 is 0 Å². The molecule has 3 rings (SSSR count). The molecule has 12 heteroatoms. The van der Waals surface area contributed by atoms with E-state index in [-0.39, 0.29) is 15.9 Å². The predicted molar refractivity (Wildman–Crippen MR) is 83.6 cm³/mol. The minimum atomic E-state index is -5.48. The maximum Gasteiger partial charge on any atom is 0.436 e. The van der Waals surface area contributed by atoms with Crippen LogP contribution in [-0.4, -0.2) is 20.5 Å². The highest BCUT2D eigenvalue weighted by Crippen LogP contribution is 2.33. The first kappa shape index (κ1) is 20.3. The molecule has 5 nitrogen and oxygen atoms in total. The number of aryl methyl sites for hydroxylation is 1. The molecule has 0 saturated carbocycles. The van der Waals surface area contributed by atoms with Gasteiger partial charge in [-0.05, 0) is 31.2 Å². The van der Waals surface area contributed by atoms with Crippen molar-refractivity contribution >= 4 is 5.78 Å². The summed E-state index contributed by atoms with van der Waals surface area (Å²) in [5, 5.41) is 2.05. The second-order valence-corrected chi connectivity index (χ2v) is 5.81. The van der Waals surface area contributed by atoms with Crippen LogP contribution in [0.5, 0.6) is 0 Å². The van der Waals surface area contributed by atoms with Crippen LogP contribution in [0.25, 0.3) is 5.69 Å². The summed E-state index contributed by atoms with van der Waals surface area (Å²) in [4.78, 5) is 27.2. The summed E-state index contributed by atoms with van der Waals surface area (Å²) in [6.07, 6.45) is -5.48. The Morgan fingerprint density at radius 1 is 1.03 bits per heavy atom. The van der Waals surface area contributed by atoms with Crippen LogP contribution in [0, 0.1) is 30.3 Å². The number of carbonyl (C=O) groups excluding carboxylic acids is 1. The van der Waals surface area contributed by atoms with Crippen molar-refractivity contribution in [3.8, 4) is 5.69 Å². The van der Waals surface area contributed by atoms with E-state index in [2.05, 4.69) is 4.98 Å². The standard InChI is InChI=1S/C17H8F7N3O2/c1-6-9(13(28)7-2-4-8(18)5-3-7)16(29)27(26-6)12-10(19)14(17(22,23)24)25-15(21)11(12)20/h2-5,26H,1H3. The van der Waals surface area contributed by atoms with Crippen LogP contribution in [0.1, 0.15) is 27.3 Å². The van der Waals surface area contributed by atoms with Crippen LogP contribution < -0.4 is 5.56 Å². The Bertz CT molecular complexity index is 1180. The van der Waals surface area contributed by atoms with E-state index in [1.807, 2.05) is 5.10 Å². The van der Waals surface area contributed by atoms with Gasteiger partial charge in [-0.3, -0.25) is 14.7 Å². The van der Waals surface area contributed by atoms with Crippen molar-refractivity contribution in [2.75, 3.05) is 0 Å². The Labute approximate surface area is 156 Å². The normalized spacial score (nSPS) is 11.7. The fourth-order valence-corrected chi connectivity index (χ4v) is 2.60. The highest BCUT2D eigenvalue weighted by molar-refractivity contribution is 6.09. The zero-order valence-corrected chi connectivity index (χ0v) is 14.2. The van der Waals surface area contributed by atoms with Gasteiger partial charge in [0, 0.05) is 11.3 Å². The molecule has 0 aliphatic heterocycles. The number of hydrogen-bond donors (Lipinski definition) is 1. The van der Waals surface area contributed by atoms with Crippen molar-refractivity contribution in [2.45, 2.75) is 13.1 Å². The first-order chi connectivity index (χ1) is 13.4. The molecule has 3 aromatic rings. The molecule has 0 fully saturated rings. The van der Waals surface area contributed by atoms with Gasteiger partial charge in [0.25, 0.3) is 11.5 Å². The number of halogens is 7. The highest BCUT2D eigenvalue weighted by Gasteiger charge is 2.40. The third kappa shape index (κ3) is 3.41. The fourth-order valence-electron chi connectivity index (χ4n) is 2.60. The van der Waals surface area contributed by atoms with Gasteiger partial charge in [0.15, 0.2) is 17.3 Å². The summed E-state index contributed by atoms with van der Waals surface area (Å²) in [6, 6.07) is 3.90. The Morgan fingerprint density at radius 2 is 1.62 bits per heavy atom. The van der Waals surface area contributed by atoms with Crippen molar-refractivity contribution in [1.29, 1.82) is 0 Å². The molecule has 0 amide bonds. The van der Waals surface area contributed by atoms with Gasteiger partial charge in [0.05, 0.1) is 0 Å². The van der Waals surface area contributed by atoms with E-state index in [1.54, 1.807) is 0 Å². The lowest BCUT2D eigenvalue weighted by Crippen LogP contribution is -2.25. The summed E-state index contributed by atoms with van der Waals surface area (Å²) in [7, 11) is 0. The van der Waals surface area contributed by atoms with E-state index in [9.17, 15) is 40.3 Å². The SMILES string of the molecule is Cc1[nH]n(-c2c(F)c(F)nc(C(F)(F)F)c2F)c(=O)c1C(=O)c1ccc(F)cc1. The molecule has 0 aliphatic carbocycles. The number of alkyl halides is 3. The number of aromatic amines is 1. The van der Waals surface area contributed by atoms with Crippen molar-refractivity contribution < 1.29 is 35.5 Å². The molecule has 0 unspecified atom stereocenters. The number of nitrogens with zero attached hydrogens (tertiary/aromatic N) is 2. The number of aromatic nitrogens is 3. The first-order valence-corrected chi connectivity index (χ1v) is 7.67. The molecule has 0 saturated heterocycles. The lowest BCUT2D eigenvalue weighted by atomic mass is 10.0. The van der Waals surface area contributed by atoms with Gasteiger partial charge in [-0.1, -0.05) is 0 Å². The van der Waals surface area contributed by atoms with Crippen LogP contribution in [0.3, 0.4) is 0 Å². The molecule has 2 aromatic heterocycles. The van der Waals surface area contributed by atoms with Gasteiger partial charge >= 0.3 is 6.18 Å². The summed E-state index contributed by atoms with van der Waals surface area (Å²) >= 11 is 0. The van der Waals surface area contributed by atoms with Crippen LogP contribution in [0.15, 0.2) is 29.1 Å². The lowest BCUT2D eigenvalue weighted by Gasteiger charge is -2.11. The van der Waals surface area contributed by atoms with Crippen LogP contribution >= 0.6 is 0 Å². The maximum absolute atomic E-state index is 14.3. The van der Waals surface area contributed by atoms with Crippen LogP contribution in [0.4, 0.5) is 30.7 Å². The van der Waals surface area contributed by atoms with E-state index in [1.165, 1.54) is 0 Å². The molecule has 152 valence electrons. The number of pyridine rings is 1. The van der Waals surface area contributed by atoms with Crippen molar-refractivity contribution in [1.82, 2.24) is 14.8 Å². The molecule has 2 heterocycles. The smallest absolute Gasteiger partial charge is 0.294 e. The Balaban J connectivity index is 2.24. The number of ketones is 1. The second-order valence-electron chi connectivity index (χ2n) is 5.81. The van der Waals surface area contributed by atoms with E-state index in [0.717, 1.165) is 31.2 Å². The van der Waals surface area contributed by atoms with Gasteiger partial charge in [0.1, 0.15) is 17.1 Å². The van der Waals surface area contributed by atoms with Gasteiger partial charge in [-0.2, -0.15) is 22.0 Å². The van der Waals surface area contributed by atoms with E-state index >= 15 is 0 Å². The third-order valence-corrected chi connectivity index (χ3v) is 3.91. The monoisotopic (exact) mass is 419 g/mol. The van der Waals surface area contributed by atoms with E-state index < -0.39 is 57.9 Å². The molecule has 29 heavy (non-hydrogen) atoms. The molecular formula is C17H8F7N3O2. The zero-order valence-electron chi connectivity index (χ0n) is 14.2. The highest BCUT2D eigenvalue weighted by atomic mass is 19.4. The summed E-state index contributed by atoms with van der Waals surface area (Å²) in [5.74, 6) is -8.48. The average Bonchev–Trinajstić information content (AvgIpc) is 2.91. The minimum Gasteiger partial charge on any atom is -0.294 e. The summed E-state index contributed by atoms with van der Waals surface area (Å²) in [5.41, 5.74) is -6.65. The van der Waals surface area contributed by atoms with Crippen LogP contribution in [0.2, 0.25) is 0 Å². The van der Waals surface area contributed by atoms with Gasteiger partial charge in [-0.25, -0.2) is 18.4 Å². The Kier molecular flexibility index (Phi) is 4.81. The van der Waals surface area contributed by atoms with E-state index in [0.29, 0.717) is 0 Å².